The quantitative estimate of drug-likeness (QED) is 0.751. The van der Waals surface area contributed by atoms with Crippen molar-refractivity contribution in [1.82, 2.24) is 4.98 Å². The Morgan fingerprint density at radius 1 is 1.43 bits per heavy atom. The number of carbonyl (C=O) groups excluding carboxylic acids is 1. The summed E-state index contributed by atoms with van der Waals surface area (Å²) in [5, 5.41) is 0.992. The predicted octanol–water partition coefficient (Wildman–Crippen LogP) is 2.63. The van der Waals surface area contributed by atoms with Crippen LogP contribution in [0.4, 0.5) is 0 Å². The number of rotatable bonds is 1. The van der Waals surface area contributed by atoms with Gasteiger partial charge < -0.3 is 10.7 Å². The van der Waals surface area contributed by atoms with E-state index in [-0.39, 0.29) is 0 Å². The van der Waals surface area contributed by atoms with Gasteiger partial charge in [0.05, 0.1) is 0 Å². The minimum absolute atomic E-state index is 0.438. The number of nitrogens with two attached hydrogens (primary N) is 1. The Morgan fingerprint density at radius 2 is 2.14 bits per heavy atom. The highest BCUT2D eigenvalue weighted by atomic mass is 127. The van der Waals surface area contributed by atoms with Gasteiger partial charge in [-0.1, -0.05) is 0 Å². The molecule has 0 saturated carbocycles. The van der Waals surface area contributed by atoms with E-state index < -0.39 is 5.91 Å². The molecule has 0 aliphatic carbocycles. The first-order valence-electron chi connectivity index (χ1n) is 3.85. The van der Waals surface area contributed by atoms with Crippen molar-refractivity contribution in [2.75, 3.05) is 0 Å². The lowest BCUT2D eigenvalue weighted by Crippen LogP contribution is -2.10. The van der Waals surface area contributed by atoms with Gasteiger partial charge in [0.2, 0.25) is 0 Å². The average Bonchev–Trinajstić information content (AvgIpc) is 2.48. The molecule has 0 unspecified atom stereocenters. The van der Waals surface area contributed by atoms with Crippen LogP contribution in [-0.2, 0) is 0 Å². The van der Waals surface area contributed by atoms with Crippen LogP contribution in [-0.4, -0.2) is 10.9 Å². The zero-order chi connectivity index (χ0) is 10.3. The van der Waals surface area contributed by atoms with Gasteiger partial charge in [-0.2, -0.15) is 0 Å². The molecule has 1 aromatic carbocycles. The van der Waals surface area contributed by atoms with E-state index in [4.69, 9.17) is 5.73 Å². The first kappa shape index (κ1) is 9.97. The Balaban J connectivity index is 2.72. The largest absolute Gasteiger partial charge is 0.364 e. The van der Waals surface area contributed by atoms with Crippen molar-refractivity contribution in [2.24, 2.45) is 5.73 Å². The molecule has 2 aromatic rings. The van der Waals surface area contributed by atoms with E-state index >= 15 is 0 Å². The number of H-pyrrole nitrogens is 1. The number of fused-ring (bicyclic) bond motifs is 1. The molecule has 0 saturated heterocycles. The van der Waals surface area contributed by atoms with Gasteiger partial charge in [-0.25, -0.2) is 0 Å². The fourth-order valence-corrected chi connectivity index (χ4v) is 2.09. The third kappa shape index (κ3) is 1.66. The Kier molecular flexibility index (Phi) is 2.52. The topological polar surface area (TPSA) is 58.9 Å². The summed E-state index contributed by atoms with van der Waals surface area (Å²) < 4.78 is 2.11. The van der Waals surface area contributed by atoms with Crippen LogP contribution in [0.25, 0.3) is 10.9 Å². The molecule has 5 heteroatoms. The summed E-state index contributed by atoms with van der Waals surface area (Å²) in [5.41, 5.74) is 6.52. The molecular formula is C9H6BrIN2O. The van der Waals surface area contributed by atoms with Crippen LogP contribution in [0.1, 0.15) is 10.5 Å². The first-order chi connectivity index (χ1) is 6.58. The van der Waals surface area contributed by atoms with E-state index in [0.29, 0.717) is 5.69 Å². The Hall–Kier alpha value is -0.560. The molecule has 0 spiro atoms. The molecule has 3 nitrogen and oxygen atoms in total. The molecule has 0 bridgehead atoms. The van der Waals surface area contributed by atoms with Crippen molar-refractivity contribution >= 4 is 55.3 Å². The number of carbonyl (C=O) groups is 1. The lowest BCUT2D eigenvalue weighted by atomic mass is 10.2. The van der Waals surface area contributed by atoms with Crippen LogP contribution in [0.3, 0.4) is 0 Å². The van der Waals surface area contributed by atoms with Crippen LogP contribution in [0.2, 0.25) is 0 Å². The highest BCUT2D eigenvalue weighted by Crippen LogP contribution is 2.25. The standard InChI is InChI=1S/C9H6BrIN2O/c10-5-3-7-4(1-6(5)11)2-8(13-7)9(12)14/h1-3,13H,(H2,12,14). The first-order valence-corrected chi connectivity index (χ1v) is 5.72. The normalized spacial score (nSPS) is 10.7. The zero-order valence-corrected chi connectivity index (χ0v) is 10.7. The maximum atomic E-state index is 10.9. The summed E-state index contributed by atoms with van der Waals surface area (Å²) >= 11 is 5.64. The Bertz CT molecular complexity index is 482. The molecular weight excluding hydrogens is 359 g/mol. The molecule has 14 heavy (non-hydrogen) atoms. The summed E-state index contributed by atoms with van der Waals surface area (Å²) in [6.45, 7) is 0. The molecule has 0 atom stereocenters. The Labute approximate surface area is 102 Å². The molecule has 0 aliphatic heterocycles. The van der Waals surface area contributed by atoms with Gasteiger partial charge in [0.15, 0.2) is 0 Å². The van der Waals surface area contributed by atoms with Crippen LogP contribution in [0.5, 0.6) is 0 Å². The summed E-state index contributed by atoms with van der Waals surface area (Å²) in [6.07, 6.45) is 0. The molecule has 1 aromatic heterocycles. The second-order valence-corrected chi connectivity index (χ2v) is 4.92. The highest BCUT2D eigenvalue weighted by Gasteiger charge is 2.07. The fraction of sp³-hybridized carbons (Fsp3) is 0. The number of benzene rings is 1. The Morgan fingerprint density at radius 3 is 2.79 bits per heavy atom. The third-order valence-corrected chi connectivity index (χ3v) is 4.22. The SMILES string of the molecule is NC(=O)c1cc2cc(I)c(Br)cc2[nH]1. The maximum Gasteiger partial charge on any atom is 0.265 e. The van der Waals surface area contributed by atoms with Gasteiger partial charge in [-0.15, -0.1) is 0 Å². The number of nitrogens with one attached hydrogen (secondary N) is 1. The molecule has 0 aliphatic rings. The van der Waals surface area contributed by atoms with Crippen LogP contribution >= 0.6 is 38.5 Å². The minimum Gasteiger partial charge on any atom is -0.364 e. The number of amides is 1. The number of primary amides is 1. The summed E-state index contributed by atoms with van der Waals surface area (Å²) in [4.78, 5) is 13.9. The summed E-state index contributed by atoms with van der Waals surface area (Å²) in [6, 6.07) is 5.68. The predicted molar refractivity (Wildman–Crippen MR) is 67.2 cm³/mol. The number of hydrogen-bond acceptors (Lipinski definition) is 1. The van der Waals surface area contributed by atoms with E-state index in [0.717, 1.165) is 18.9 Å². The van der Waals surface area contributed by atoms with E-state index in [1.165, 1.54) is 0 Å². The van der Waals surface area contributed by atoms with Gasteiger partial charge in [0.25, 0.3) is 5.91 Å². The van der Waals surface area contributed by atoms with Crippen molar-refractivity contribution in [3.8, 4) is 0 Å². The van der Waals surface area contributed by atoms with E-state index in [1.54, 1.807) is 6.07 Å². The maximum absolute atomic E-state index is 10.9. The smallest absolute Gasteiger partial charge is 0.265 e. The van der Waals surface area contributed by atoms with Crippen molar-refractivity contribution in [1.29, 1.82) is 0 Å². The summed E-state index contributed by atoms with van der Waals surface area (Å²) in [5.74, 6) is -0.438. The van der Waals surface area contributed by atoms with Crippen molar-refractivity contribution in [2.45, 2.75) is 0 Å². The zero-order valence-electron chi connectivity index (χ0n) is 6.97. The minimum atomic E-state index is -0.438. The summed E-state index contributed by atoms with van der Waals surface area (Å²) in [7, 11) is 0. The van der Waals surface area contributed by atoms with Crippen molar-refractivity contribution in [3.63, 3.8) is 0 Å². The average molecular weight is 365 g/mol. The number of halogens is 2. The third-order valence-electron chi connectivity index (χ3n) is 1.93. The lowest BCUT2D eigenvalue weighted by molar-refractivity contribution is 0.0996. The van der Waals surface area contributed by atoms with E-state index in [9.17, 15) is 4.79 Å². The lowest BCUT2D eigenvalue weighted by Gasteiger charge is -1.95. The molecule has 1 heterocycles. The second-order valence-electron chi connectivity index (χ2n) is 2.90. The number of hydrogen-bond donors (Lipinski definition) is 2. The van der Waals surface area contributed by atoms with Gasteiger partial charge in [0.1, 0.15) is 5.69 Å². The monoisotopic (exact) mass is 364 g/mol. The van der Waals surface area contributed by atoms with E-state index in [2.05, 4.69) is 43.5 Å². The van der Waals surface area contributed by atoms with Crippen molar-refractivity contribution < 1.29 is 4.79 Å². The highest BCUT2D eigenvalue weighted by molar-refractivity contribution is 14.1. The van der Waals surface area contributed by atoms with Crippen LogP contribution in [0, 0.1) is 3.57 Å². The molecule has 3 N–H and O–H groups in total. The number of aromatic nitrogens is 1. The molecule has 72 valence electrons. The van der Waals surface area contributed by atoms with Gasteiger partial charge in [-0.3, -0.25) is 4.79 Å². The molecule has 2 rings (SSSR count). The second kappa shape index (κ2) is 3.54. The molecule has 0 radical (unpaired) electrons. The fourth-order valence-electron chi connectivity index (χ4n) is 1.26. The number of aromatic amines is 1. The molecule has 1 amide bonds. The van der Waals surface area contributed by atoms with Crippen LogP contribution < -0.4 is 5.73 Å². The van der Waals surface area contributed by atoms with Crippen LogP contribution in [0.15, 0.2) is 22.7 Å². The van der Waals surface area contributed by atoms with Crippen molar-refractivity contribution in [3.05, 3.63) is 31.9 Å². The van der Waals surface area contributed by atoms with Gasteiger partial charge in [0, 0.05) is 18.9 Å². The molecule has 0 fully saturated rings. The van der Waals surface area contributed by atoms with E-state index in [1.807, 2.05) is 12.1 Å². The van der Waals surface area contributed by atoms with Gasteiger partial charge in [-0.05, 0) is 56.7 Å². The van der Waals surface area contributed by atoms with Gasteiger partial charge >= 0.3 is 0 Å².